The molecule has 0 aliphatic rings. The van der Waals surface area contributed by atoms with Crippen LogP contribution in [0, 0.1) is 0 Å². The minimum atomic E-state index is -0.516. The van der Waals surface area contributed by atoms with E-state index in [9.17, 15) is 9.59 Å². The fourth-order valence-corrected chi connectivity index (χ4v) is 3.53. The van der Waals surface area contributed by atoms with Crippen LogP contribution in [0.4, 0.5) is 0 Å². The van der Waals surface area contributed by atoms with Gasteiger partial charge in [-0.1, -0.05) is 55.8 Å². The molecule has 0 aliphatic heterocycles. The minimum Gasteiger partial charge on any atom is -0.497 e. The smallest absolute Gasteiger partial charge is 0.242 e. The minimum absolute atomic E-state index is 0.0655. The van der Waals surface area contributed by atoms with E-state index in [0.29, 0.717) is 31.0 Å². The molecule has 2 amide bonds. The van der Waals surface area contributed by atoms with Crippen LogP contribution >= 0.6 is 11.6 Å². The molecule has 1 N–H and O–H groups in total. The zero-order valence-corrected chi connectivity index (χ0v) is 18.7. The molecule has 0 bridgehead atoms. The van der Waals surface area contributed by atoms with E-state index in [0.717, 1.165) is 23.3 Å². The van der Waals surface area contributed by atoms with E-state index in [-0.39, 0.29) is 18.2 Å². The number of carbonyl (C=O) groups excluding carboxylic acids is 2. The van der Waals surface area contributed by atoms with E-state index in [1.165, 1.54) is 0 Å². The number of aryl methyl sites for hydroxylation is 1. The molecule has 2 aromatic rings. The summed E-state index contributed by atoms with van der Waals surface area (Å²) in [5, 5.41) is 3.58. The van der Waals surface area contributed by atoms with Crippen LogP contribution in [-0.2, 0) is 22.6 Å². The van der Waals surface area contributed by atoms with Crippen LogP contribution in [0.5, 0.6) is 5.75 Å². The fraction of sp³-hybridized carbons (Fsp3) is 0.417. The first-order valence-corrected chi connectivity index (χ1v) is 10.8. The van der Waals surface area contributed by atoms with Crippen LogP contribution in [0.15, 0.2) is 48.5 Å². The van der Waals surface area contributed by atoms with Gasteiger partial charge in [-0.25, -0.2) is 0 Å². The second-order valence-electron chi connectivity index (χ2n) is 7.18. The maximum atomic E-state index is 13.2. The lowest BCUT2D eigenvalue weighted by molar-refractivity contribution is -0.141. The van der Waals surface area contributed by atoms with Gasteiger partial charge in [0.2, 0.25) is 11.8 Å². The molecule has 0 saturated carbocycles. The molecule has 2 rings (SSSR count). The van der Waals surface area contributed by atoms with Crippen molar-refractivity contribution in [1.29, 1.82) is 0 Å². The van der Waals surface area contributed by atoms with E-state index in [1.54, 1.807) is 12.0 Å². The van der Waals surface area contributed by atoms with Crippen LogP contribution in [0.1, 0.15) is 44.2 Å². The highest BCUT2D eigenvalue weighted by Gasteiger charge is 2.28. The molecule has 30 heavy (non-hydrogen) atoms. The van der Waals surface area contributed by atoms with Crippen molar-refractivity contribution in [1.82, 2.24) is 10.2 Å². The van der Waals surface area contributed by atoms with Gasteiger partial charge in [-0.15, -0.1) is 0 Å². The van der Waals surface area contributed by atoms with Crippen molar-refractivity contribution in [3.63, 3.8) is 0 Å². The van der Waals surface area contributed by atoms with Crippen LogP contribution in [0.2, 0.25) is 5.02 Å². The molecule has 0 spiro atoms. The van der Waals surface area contributed by atoms with Crippen molar-refractivity contribution >= 4 is 23.4 Å². The van der Waals surface area contributed by atoms with Gasteiger partial charge in [-0.05, 0) is 48.6 Å². The summed E-state index contributed by atoms with van der Waals surface area (Å²) in [5.41, 5.74) is 1.88. The first kappa shape index (κ1) is 23.7. The first-order valence-electron chi connectivity index (χ1n) is 10.4. The number of ether oxygens (including phenoxy) is 1. The number of halogens is 1. The molecule has 5 nitrogen and oxygen atoms in total. The van der Waals surface area contributed by atoms with Gasteiger partial charge >= 0.3 is 0 Å². The predicted molar refractivity (Wildman–Crippen MR) is 121 cm³/mol. The summed E-state index contributed by atoms with van der Waals surface area (Å²) in [7, 11) is 1.62. The molecule has 0 aromatic heterocycles. The number of carbonyl (C=O) groups is 2. The quantitative estimate of drug-likeness (QED) is 0.566. The average Bonchev–Trinajstić information content (AvgIpc) is 2.77. The Morgan fingerprint density at radius 3 is 2.40 bits per heavy atom. The van der Waals surface area contributed by atoms with E-state index < -0.39 is 6.04 Å². The zero-order chi connectivity index (χ0) is 21.9. The highest BCUT2D eigenvalue weighted by molar-refractivity contribution is 6.31. The summed E-state index contributed by atoms with van der Waals surface area (Å²) < 4.78 is 5.21. The van der Waals surface area contributed by atoms with Gasteiger partial charge < -0.3 is 15.0 Å². The Morgan fingerprint density at radius 1 is 1.10 bits per heavy atom. The Bertz CT molecular complexity index is 823. The number of benzene rings is 2. The fourth-order valence-electron chi connectivity index (χ4n) is 3.30. The molecule has 0 saturated heterocycles. The maximum Gasteiger partial charge on any atom is 0.242 e. The predicted octanol–water partition coefficient (Wildman–Crippen LogP) is 4.61. The zero-order valence-electron chi connectivity index (χ0n) is 18.0. The van der Waals surface area contributed by atoms with Crippen LogP contribution in [-0.4, -0.2) is 36.4 Å². The van der Waals surface area contributed by atoms with E-state index in [1.807, 2.05) is 62.4 Å². The summed E-state index contributed by atoms with van der Waals surface area (Å²) in [5.74, 6) is 0.575. The van der Waals surface area contributed by atoms with Crippen molar-refractivity contribution in [2.24, 2.45) is 0 Å². The molecule has 1 atom stereocenters. The molecule has 0 radical (unpaired) electrons. The summed E-state index contributed by atoms with van der Waals surface area (Å²) in [6.07, 6.45) is 2.22. The Morgan fingerprint density at radius 2 is 1.80 bits per heavy atom. The third kappa shape index (κ3) is 6.77. The number of methoxy groups -OCH3 is 1. The van der Waals surface area contributed by atoms with Crippen LogP contribution in [0.3, 0.4) is 0 Å². The second-order valence-corrected chi connectivity index (χ2v) is 7.58. The molecule has 2 aromatic carbocycles. The van der Waals surface area contributed by atoms with Crippen molar-refractivity contribution in [3.05, 3.63) is 64.7 Å². The van der Waals surface area contributed by atoms with Crippen molar-refractivity contribution in [2.45, 2.75) is 52.1 Å². The number of hydrogen-bond acceptors (Lipinski definition) is 3. The molecular formula is C24H31ClN2O3. The molecule has 0 fully saturated rings. The van der Waals surface area contributed by atoms with Crippen molar-refractivity contribution < 1.29 is 14.3 Å². The van der Waals surface area contributed by atoms with Gasteiger partial charge in [0.1, 0.15) is 11.8 Å². The number of nitrogens with zero attached hydrogens (tertiary/aromatic N) is 1. The SMILES string of the molecule is CCCNC(=O)[C@@H](CC)N(Cc1ccc(OC)cc1)C(=O)CCc1ccccc1Cl. The average molecular weight is 431 g/mol. The Hall–Kier alpha value is -2.53. The number of nitrogens with one attached hydrogen (secondary N) is 1. The Balaban J connectivity index is 2.20. The maximum absolute atomic E-state index is 13.2. The van der Waals surface area contributed by atoms with Gasteiger partial charge in [0.15, 0.2) is 0 Å². The molecule has 162 valence electrons. The second kappa shape index (κ2) is 12.2. The summed E-state index contributed by atoms with van der Waals surface area (Å²) >= 11 is 6.24. The Kier molecular flexibility index (Phi) is 9.68. The lowest BCUT2D eigenvalue weighted by Gasteiger charge is -2.31. The van der Waals surface area contributed by atoms with Gasteiger partial charge in [0.05, 0.1) is 7.11 Å². The third-order valence-electron chi connectivity index (χ3n) is 5.01. The summed E-state index contributed by atoms with van der Waals surface area (Å²) in [6.45, 7) is 4.90. The first-order chi connectivity index (χ1) is 14.5. The molecule has 0 aliphatic carbocycles. The summed E-state index contributed by atoms with van der Waals surface area (Å²) in [6, 6.07) is 14.6. The monoisotopic (exact) mass is 430 g/mol. The van der Waals surface area contributed by atoms with Crippen LogP contribution < -0.4 is 10.1 Å². The Labute approximate surface area is 184 Å². The third-order valence-corrected chi connectivity index (χ3v) is 5.38. The van der Waals surface area contributed by atoms with Gasteiger partial charge in [0.25, 0.3) is 0 Å². The number of rotatable bonds is 11. The highest BCUT2D eigenvalue weighted by Crippen LogP contribution is 2.20. The summed E-state index contributed by atoms with van der Waals surface area (Å²) in [4.78, 5) is 27.6. The van der Waals surface area contributed by atoms with Gasteiger partial charge in [-0.3, -0.25) is 9.59 Å². The van der Waals surface area contributed by atoms with Gasteiger partial charge in [-0.2, -0.15) is 0 Å². The van der Waals surface area contributed by atoms with Crippen molar-refractivity contribution in [2.75, 3.05) is 13.7 Å². The van der Waals surface area contributed by atoms with Crippen LogP contribution in [0.25, 0.3) is 0 Å². The standard InChI is InChI=1S/C24H31ClN2O3/c1-4-16-26-24(29)22(5-2)27(17-18-10-13-20(30-3)14-11-18)23(28)15-12-19-8-6-7-9-21(19)25/h6-11,13-14,22H,4-5,12,15-17H2,1-3H3,(H,26,29)/t22-/m1/s1. The normalized spacial score (nSPS) is 11.6. The number of amides is 2. The van der Waals surface area contributed by atoms with Gasteiger partial charge in [0, 0.05) is 24.5 Å². The van der Waals surface area contributed by atoms with E-state index in [4.69, 9.17) is 16.3 Å². The van der Waals surface area contributed by atoms with E-state index in [2.05, 4.69) is 5.32 Å². The molecule has 0 heterocycles. The van der Waals surface area contributed by atoms with E-state index >= 15 is 0 Å². The lowest BCUT2D eigenvalue weighted by atomic mass is 10.1. The molecule has 6 heteroatoms. The lowest BCUT2D eigenvalue weighted by Crippen LogP contribution is -2.49. The topological polar surface area (TPSA) is 58.6 Å². The number of hydrogen-bond donors (Lipinski definition) is 1. The molecule has 0 unspecified atom stereocenters. The van der Waals surface area contributed by atoms with Crippen molar-refractivity contribution in [3.8, 4) is 5.75 Å². The molecular weight excluding hydrogens is 400 g/mol. The largest absolute Gasteiger partial charge is 0.497 e. The highest BCUT2D eigenvalue weighted by atomic mass is 35.5.